The van der Waals surface area contributed by atoms with Gasteiger partial charge in [0.1, 0.15) is 0 Å². The Morgan fingerprint density at radius 2 is 1.44 bits per heavy atom. The zero-order valence-electron chi connectivity index (χ0n) is 24.6. The summed E-state index contributed by atoms with van der Waals surface area (Å²) in [6, 6.07) is 32.4. The molecular formula is C35H44ClN5. The third-order valence-electron chi connectivity index (χ3n) is 8.28. The second-order valence-electron chi connectivity index (χ2n) is 11.1. The zero-order chi connectivity index (χ0) is 28.4. The van der Waals surface area contributed by atoms with Crippen LogP contribution in [0.5, 0.6) is 0 Å². The minimum Gasteiger partial charge on any atom is -0.302 e. The Hall–Kier alpha value is -2.96. The van der Waals surface area contributed by atoms with E-state index in [0.717, 1.165) is 82.3 Å². The molecule has 5 nitrogen and oxygen atoms in total. The topological polar surface area (TPSA) is 27.5 Å². The van der Waals surface area contributed by atoms with Gasteiger partial charge in [-0.2, -0.15) is 5.10 Å². The van der Waals surface area contributed by atoms with Crippen LogP contribution in [0.3, 0.4) is 0 Å². The first-order valence-corrected chi connectivity index (χ1v) is 15.6. The Balaban J connectivity index is 1.14. The highest BCUT2D eigenvalue weighted by molar-refractivity contribution is 6.30. The molecule has 5 rings (SSSR count). The van der Waals surface area contributed by atoms with Crippen molar-refractivity contribution in [1.29, 1.82) is 0 Å². The normalized spacial score (nSPS) is 15.4. The second kappa shape index (κ2) is 14.8. The second-order valence-corrected chi connectivity index (χ2v) is 11.5. The van der Waals surface area contributed by atoms with Gasteiger partial charge in [-0.05, 0) is 54.4 Å². The van der Waals surface area contributed by atoms with Gasteiger partial charge in [-0.25, -0.2) is 4.68 Å². The quantitative estimate of drug-likeness (QED) is 0.178. The van der Waals surface area contributed by atoms with E-state index >= 15 is 0 Å². The van der Waals surface area contributed by atoms with E-state index in [1.54, 1.807) is 0 Å². The Bertz CT molecular complexity index is 1310. The first-order chi connectivity index (χ1) is 20.1. The molecule has 41 heavy (non-hydrogen) atoms. The maximum Gasteiger partial charge on any atom is 0.0648 e. The number of aryl methyl sites for hydroxylation is 1. The van der Waals surface area contributed by atoms with E-state index in [-0.39, 0.29) is 6.04 Å². The highest BCUT2D eigenvalue weighted by atomic mass is 35.5. The molecule has 0 spiro atoms. The summed E-state index contributed by atoms with van der Waals surface area (Å²) >= 11 is 6.21. The van der Waals surface area contributed by atoms with Crippen LogP contribution in [0.4, 0.5) is 0 Å². The number of halogens is 1. The van der Waals surface area contributed by atoms with Crippen molar-refractivity contribution in [3.05, 3.63) is 119 Å². The van der Waals surface area contributed by atoms with Crippen LogP contribution in [-0.2, 0) is 12.8 Å². The van der Waals surface area contributed by atoms with Gasteiger partial charge in [0.05, 0.1) is 17.4 Å². The van der Waals surface area contributed by atoms with Gasteiger partial charge in [0.25, 0.3) is 0 Å². The van der Waals surface area contributed by atoms with Gasteiger partial charge in [0.15, 0.2) is 0 Å². The molecule has 216 valence electrons. The van der Waals surface area contributed by atoms with Gasteiger partial charge in [-0.1, -0.05) is 92.5 Å². The highest BCUT2D eigenvalue weighted by Gasteiger charge is 2.26. The van der Waals surface area contributed by atoms with E-state index < -0.39 is 0 Å². The standard InChI is InChI=1S/C35H44ClN5/c1-3-11-34-28-32(37-41(34)33-14-9-6-10-15-33)20-21-38(4-2)22-23-39-24-26-40(27-25-39)35(29-12-7-5-8-13-29)30-16-18-31(36)19-17-30/h5-10,12-19,28,35H,3-4,11,20-27H2,1-2H3. The molecule has 6 heteroatoms. The van der Waals surface area contributed by atoms with Gasteiger partial charge in [-0.15, -0.1) is 0 Å². The first-order valence-electron chi connectivity index (χ1n) is 15.3. The first kappa shape index (κ1) is 29.5. The molecule has 0 saturated carbocycles. The summed E-state index contributed by atoms with van der Waals surface area (Å²) in [5.74, 6) is 0. The van der Waals surface area contributed by atoms with Crippen LogP contribution in [0.2, 0.25) is 5.02 Å². The lowest BCUT2D eigenvalue weighted by Crippen LogP contribution is -2.49. The average Bonchev–Trinajstić information content (AvgIpc) is 3.43. The van der Waals surface area contributed by atoms with Crippen molar-refractivity contribution in [2.45, 2.75) is 39.2 Å². The fourth-order valence-electron chi connectivity index (χ4n) is 5.95. The van der Waals surface area contributed by atoms with E-state index in [1.165, 1.54) is 22.5 Å². The monoisotopic (exact) mass is 569 g/mol. The summed E-state index contributed by atoms with van der Waals surface area (Å²) in [5, 5.41) is 5.79. The van der Waals surface area contributed by atoms with Crippen molar-refractivity contribution in [1.82, 2.24) is 24.5 Å². The average molecular weight is 570 g/mol. The minimum absolute atomic E-state index is 0.260. The molecule has 0 radical (unpaired) electrons. The summed E-state index contributed by atoms with van der Waals surface area (Å²) in [7, 11) is 0. The van der Waals surface area contributed by atoms with Crippen LogP contribution in [0.15, 0.2) is 91.0 Å². The van der Waals surface area contributed by atoms with Crippen LogP contribution in [0, 0.1) is 0 Å². The van der Waals surface area contributed by atoms with Crippen molar-refractivity contribution >= 4 is 11.6 Å². The van der Waals surface area contributed by atoms with Crippen molar-refractivity contribution in [2.24, 2.45) is 0 Å². The molecule has 4 aromatic rings. The predicted octanol–water partition coefficient (Wildman–Crippen LogP) is 6.75. The molecule has 0 amide bonds. The predicted molar refractivity (Wildman–Crippen MR) is 171 cm³/mol. The SMILES string of the molecule is CCCc1cc(CCN(CC)CCN2CCN(C(c3ccccc3)c3ccc(Cl)cc3)CC2)nn1-c1ccccc1. The number of hydrogen-bond acceptors (Lipinski definition) is 4. The van der Waals surface area contributed by atoms with Gasteiger partial charge in [0.2, 0.25) is 0 Å². The molecule has 1 fully saturated rings. The summed E-state index contributed by atoms with van der Waals surface area (Å²) in [4.78, 5) is 7.84. The molecule has 0 bridgehead atoms. The van der Waals surface area contributed by atoms with E-state index in [4.69, 9.17) is 16.7 Å². The van der Waals surface area contributed by atoms with Gasteiger partial charge < -0.3 is 4.90 Å². The lowest BCUT2D eigenvalue weighted by molar-refractivity contribution is 0.0999. The fourth-order valence-corrected chi connectivity index (χ4v) is 6.07. The maximum absolute atomic E-state index is 6.21. The Kier molecular flexibility index (Phi) is 10.7. The molecule has 1 aliphatic rings. The Morgan fingerprint density at radius 3 is 2.10 bits per heavy atom. The number of benzene rings is 3. The minimum atomic E-state index is 0.260. The summed E-state index contributed by atoms with van der Waals surface area (Å²) in [6.07, 6.45) is 3.16. The number of aromatic nitrogens is 2. The van der Waals surface area contributed by atoms with Crippen LogP contribution in [0.25, 0.3) is 5.69 Å². The summed E-state index contributed by atoms with van der Waals surface area (Å²) in [5.41, 5.74) is 6.31. The lowest BCUT2D eigenvalue weighted by Gasteiger charge is -2.40. The number of para-hydroxylation sites is 1. The largest absolute Gasteiger partial charge is 0.302 e. The molecule has 0 aliphatic carbocycles. The molecular weight excluding hydrogens is 526 g/mol. The smallest absolute Gasteiger partial charge is 0.0648 e. The number of rotatable bonds is 13. The van der Waals surface area contributed by atoms with Gasteiger partial charge in [0, 0.05) is 63.0 Å². The molecule has 1 aliphatic heterocycles. The van der Waals surface area contributed by atoms with E-state index in [9.17, 15) is 0 Å². The van der Waals surface area contributed by atoms with E-state index in [2.05, 4.69) is 112 Å². The van der Waals surface area contributed by atoms with Gasteiger partial charge >= 0.3 is 0 Å². The summed E-state index contributed by atoms with van der Waals surface area (Å²) < 4.78 is 2.14. The number of hydrogen-bond donors (Lipinski definition) is 0. The molecule has 1 atom stereocenters. The molecule has 1 aromatic heterocycles. The van der Waals surface area contributed by atoms with Crippen molar-refractivity contribution in [3.8, 4) is 5.69 Å². The Morgan fingerprint density at radius 1 is 0.780 bits per heavy atom. The fraction of sp³-hybridized carbons (Fsp3) is 0.400. The molecule has 2 heterocycles. The highest BCUT2D eigenvalue weighted by Crippen LogP contribution is 2.30. The number of piperazine rings is 1. The maximum atomic E-state index is 6.21. The zero-order valence-corrected chi connectivity index (χ0v) is 25.4. The van der Waals surface area contributed by atoms with E-state index in [1.807, 2.05) is 12.1 Å². The van der Waals surface area contributed by atoms with Crippen molar-refractivity contribution in [2.75, 3.05) is 52.4 Å². The van der Waals surface area contributed by atoms with Crippen molar-refractivity contribution in [3.63, 3.8) is 0 Å². The molecule has 3 aromatic carbocycles. The van der Waals surface area contributed by atoms with Crippen LogP contribution in [0.1, 0.15) is 48.8 Å². The number of likely N-dealkylation sites (N-methyl/N-ethyl adjacent to an activating group) is 1. The van der Waals surface area contributed by atoms with Crippen molar-refractivity contribution < 1.29 is 0 Å². The molecule has 1 unspecified atom stereocenters. The van der Waals surface area contributed by atoms with E-state index in [0.29, 0.717) is 0 Å². The molecule has 1 saturated heterocycles. The number of nitrogens with zero attached hydrogens (tertiary/aromatic N) is 5. The Labute approximate surface area is 251 Å². The van der Waals surface area contributed by atoms with Crippen LogP contribution < -0.4 is 0 Å². The van der Waals surface area contributed by atoms with Crippen LogP contribution in [-0.4, -0.2) is 76.8 Å². The summed E-state index contributed by atoms with van der Waals surface area (Å²) in [6.45, 7) is 13.1. The third-order valence-corrected chi connectivity index (χ3v) is 8.53. The third kappa shape index (κ3) is 7.87. The van der Waals surface area contributed by atoms with Crippen LogP contribution >= 0.6 is 11.6 Å². The molecule has 0 N–H and O–H groups in total. The van der Waals surface area contributed by atoms with Gasteiger partial charge in [-0.3, -0.25) is 9.80 Å². The lowest BCUT2D eigenvalue weighted by atomic mass is 9.96.